The summed E-state index contributed by atoms with van der Waals surface area (Å²) >= 11 is 3.37. The third kappa shape index (κ3) is 2.08. The molecule has 1 nitrogen and oxygen atoms in total. The highest BCUT2D eigenvalue weighted by Crippen LogP contribution is 2.25. The summed E-state index contributed by atoms with van der Waals surface area (Å²) in [6.07, 6.45) is 0.726. The molecule has 2 heteroatoms. The van der Waals surface area contributed by atoms with Crippen LogP contribution >= 0.6 is 15.9 Å². The third-order valence-electron chi connectivity index (χ3n) is 2.13. The molecule has 1 atom stereocenters. The maximum Gasteiger partial charge on any atom is 0.0866 e. The fourth-order valence-corrected chi connectivity index (χ4v) is 1.43. The summed E-state index contributed by atoms with van der Waals surface area (Å²) in [4.78, 5) is 0. The van der Waals surface area contributed by atoms with Crippen LogP contribution in [0.2, 0.25) is 0 Å². The highest BCUT2D eigenvalue weighted by molar-refractivity contribution is 9.10. The van der Waals surface area contributed by atoms with Crippen molar-refractivity contribution in [2.75, 3.05) is 0 Å². The summed E-state index contributed by atoms with van der Waals surface area (Å²) in [5, 5.41) is 9.90. The van der Waals surface area contributed by atoms with Gasteiger partial charge < -0.3 is 5.11 Å². The highest BCUT2D eigenvalue weighted by atomic mass is 79.9. The summed E-state index contributed by atoms with van der Waals surface area (Å²) < 4.78 is 1.01. The molecular formula is C10H13BrO. The lowest BCUT2D eigenvalue weighted by atomic mass is 9.94. The fraction of sp³-hybridized carbons (Fsp3) is 0.400. The van der Waals surface area contributed by atoms with Crippen LogP contribution in [-0.4, -0.2) is 5.11 Å². The minimum atomic E-state index is -0.705. The van der Waals surface area contributed by atoms with E-state index >= 15 is 0 Å². The smallest absolute Gasteiger partial charge is 0.0866 e. The van der Waals surface area contributed by atoms with E-state index in [1.165, 1.54) is 0 Å². The minimum absolute atomic E-state index is 0.705. The fourth-order valence-electron chi connectivity index (χ4n) is 1.03. The summed E-state index contributed by atoms with van der Waals surface area (Å²) in [6.45, 7) is 3.80. The van der Waals surface area contributed by atoms with Gasteiger partial charge in [0, 0.05) is 4.47 Å². The molecule has 0 amide bonds. The molecule has 0 saturated heterocycles. The Morgan fingerprint density at radius 3 is 2.67 bits per heavy atom. The molecule has 66 valence electrons. The van der Waals surface area contributed by atoms with Crippen LogP contribution in [0.5, 0.6) is 0 Å². The molecule has 0 saturated carbocycles. The molecule has 0 spiro atoms. The Labute approximate surface area is 81.6 Å². The van der Waals surface area contributed by atoms with Crippen LogP contribution in [0.15, 0.2) is 28.7 Å². The predicted molar refractivity (Wildman–Crippen MR) is 54.0 cm³/mol. The second-order valence-electron chi connectivity index (χ2n) is 3.14. The molecule has 0 fully saturated rings. The molecule has 12 heavy (non-hydrogen) atoms. The summed E-state index contributed by atoms with van der Waals surface area (Å²) in [6, 6.07) is 7.77. The molecule has 0 aromatic heterocycles. The average molecular weight is 229 g/mol. The SMILES string of the molecule is CCC(C)(O)c1cccc(Br)c1. The lowest BCUT2D eigenvalue weighted by Gasteiger charge is -2.21. The first-order valence-corrected chi connectivity index (χ1v) is 4.84. The maximum absolute atomic E-state index is 9.90. The molecule has 0 radical (unpaired) electrons. The van der Waals surface area contributed by atoms with Gasteiger partial charge in [-0.15, -0.1) is 0 Å². The van der Waals surface area contributed by atoms with E-state index in [1.807, 2.05) is 38.1 Å². The van der Waals surface area contributed by atoms with Crippen LogP contribution < -0.4 is 0 Å². The van der Waals surface area contributed by atoms with Gasteiger partial charge in [0.1, 0.15) is 0 Å². The van der Waals surface area contributed by atoms with Crippen molar-refractivity contribution in [2.24, 2.45) is 0 Å². The Balaban J connectivity index is 3.03. The van der Waals surface area contributed by atoms with Crippen molar-refractivity contribution in [3.63, 3.8) is 0 Å². The molecule has 1 unspecified atom stereocenters. The van der Waals surface area contributed by atoms with Crippen molar-refractivity contribution in [2.45, 2.75) is 25.9 Å². The first-order valence-electron chi connectivity index (χ1n) is 4.04. The second-order valence-corrected chi connectivity index (χ2v) is 4.05. The standard InChI is InChI=1S/C10H13BrO/c1-3-10(2,12)8-5-4-6-9(11)7-8/h4-7,12H,3H2,1-2H3. The van der Waals surface area contributed by atoms with E-state index < -0.39 is 5.60 Å². The Morgan fingerprint density at radius 1 is 1.50 bits per heavy atom. The summed E-state index contributed by atoms with van der Waals surface area (Å²) in [7, 11) is 0. The van der Waals surface area contributed by atoms with E-state index in [1.54, 1.807) is 0 Å². The van der Waals surface area contributed by atoms with Gasteiger partial charge in [0.25, 0.3) is 0 Å². The quantitative estimate of drug-likeness (QED) is 0.826. The molecule has 0 bridgehead atoms. The zero-order valence-corrected chi connectivity index (χ0v) is 8.93. The van der Waals surface area contributed by atoms with E-state index in [9.17, 15) is 5.11 Å². The van der Waals surface area contributed by atoms with Crippen LogP contribution in [0.25, 0.3) is 0 Å². The number of aliphatic hydroxyl groups is 1. The Bertz CT molecular complexity index is 268. The van der Waals surface area contributed by atoms with Gasteiger partial charge in [-0.2, -0.15) is 0 Å². The minimum Gasteiger partial charge on any atom is -0.385 e. The largest absolute Gasteiger partial charge is 0.385 e. The van der Waals surface area contributed by atoms with Gasteiger partial charge in [-0.25, -0.2) is 0 Å². The van der Waals surface area contributed by atoms with Crippen molar-refractivity contribution in [3.05, 3.63) is 34.3 Å². The Hall–Kier alpha value is -0.340. The molecule has 0 aliphatic carbocycles. The van der Waals surface area contributed by atoms with E-state index in [-0.39, 0.29) is 0 Å². The van der Waals surface area contributed by atoms with Gasteiger partial charge in [-0.05, 0) is 31.0 Å². The molecule has 1 aromatic carbocycles. The molecule has 1 rings (SSSR count). The Kier molecular flexibility index (Phi) is 2.91. The van der Waals surface area contributed by atoms with Crippen LogP contribution in [0.3, 0.4) is 0 Å². The number of rotatable bonds is 2. The van der Waals surface area contributed by atoms with E-state index in [0.717, 1.165) is 16.5 Å². The van der Waals surface area contributed by atoms with Crippen LogP contribution in [0, 0.1) is 0 Å². The number of hydrogen-bond donors (Lipinski definition) is 1. The van der Waals surface area contributed by atoms with Gasteiger partial charge in [-0.3, -0.25) is 0 Å². The predicted octanol–water partition coefficient (Wildman–Crippen LogP) is 3.07. The molecule has 0 aliphatic rings. The van der Waals surface area contributed by atoms with Gasteiger partial charge >= 0.3 is 0 Å². The van der Waals surface area contributed by atoms with E-state index in [4.69, 9.17) is 0 Å². The Morgan fingerprint density at radius 2 is 2.17 bits per heavy atom. The number of halogens is 1. The summed E-state index contributed by atoms with van der Waals surface area (Å²) in [5.41, 5.74) is 0.253. The van der Waals surface area contributed by atoms with Gasteiger partial charge in [0.15, 0.2) is 0 Å². The van der Waals surface area contributed by atoms with Crippen LogP contribution in [0.4, 0.5) is 0 Å². The van der Waals surface area contributed by atoms with Crippen molar-refractivity contribution in [1.82, 2.24) is 0 Å². The van der Waals surface area contributed by atoms with Crippen molar-refractivity contribution >= 4 is 15.9 Å². The monoisotopic (exact) mass is 228 g/mol. The molecule has 1 N–H and O–H groups in total. The van der Waals surface area contributed by atoms with Crippen molar-refractivity contribution in [3.8, 4) is 0 Å². The normalized spacial score (nSPS) is 15.7. The van der Waals surface area contributed by atoms with Crippen molar-refractivity contribution in [1.29, 1.82) is 0 Å². The van der Waals surface area contributed by atoms with Gasteiger partial charge in [-0.1, -0.05) is 35.0 Å². The molecule has 0 aliphatic heterocycles. The summed E-state index contributed by atoms with van der Waals surface area (Å²) in [5.74, 6) is 0. The molecule has 1 aromatic rings. The first-order chi connectivity index (χ1) is 5.56. The third-order valence-corrected chi connectivity index (χ3v) is 2.63. The van der Waals surface area contributed by atoms with Gasteiger partial charge in [0.05, 0.1) is 5.60 Å². The maximum atomic E-state index is 9.90. The molecule has 0 heterocycles. The second kappa shape index (κ2) is 3.58. The average Bonchev–Trinajstić information content (AvgIpc) is 2.05. The first kappa shape index (κ1) is 9.75. The zero-order valence-electron chi connectivity index (χ0n) is 7.34. The topological polar surface area (TPSA) is 20.2 Å². The van der Waals surface area contributed by atoms with Crippen molar-refractivity contribution < 1.29 is 5.11 Å². The molecular weight excluding hydrogens is 216 g/mol. The van der Waals surface area contributed by atoms with Gasteiger partial charge in [0.2, 0.25) is 0 Å². The number of benzene rings is 1. The lowest BCUT2D eigenvalue weighted by Crippen LogP contribution is -2.19. The highest BCUT2D eigenvalue weighted by Gasteiger charge is 2.19. The van der Waals surface area contributed by atoms with Crippen LogP contribution in [-0.2, 0) is 5.60 Å². The van der Waals surface area contributed by atoms with E-state index in [2.05, 4.69) is 15.9 Å². The van der Waals surface area contributed by atoms with E-state index in [0.29, 0.717) is 0 Å². The number of hydrogen-bond acceptors (Lipinski definition) is 1. The van der Waals surface area contributed by atoms with Crippen LogP contribution in [0.1, 0.15) is 25.8 Å². The zero-order chi connectivity index (χ0) is 9.19. The lowest BCUT2D eigenvalue weighted by molar-refractivity contribution is 0.0530.